The molecule has 0 aliphatic heterocycles. The number of aliphatic imine (C=N–C) groups is 1. The summed E-state index contributed by atoms with van der Waals surface area (Å²) in [6.45, 7) is 0. The Kier molecular flexibility index (Phi) is 2.57. The van der Waals surface area contributed by atoms with Crippen molar-refractivity contribution in [2.75, 3.05) is 0 Å². The summed E-state index contributed by atoms with van der Waals surface area (Å²) < 4.78 is 29.7. The highest BCUT2D eigenvalue weighted by Gasteiger charge is 2.07. The van der Waals surface area contributed by atoms with Crippen LogP contribution in [-0.2, 0) is 14.9 Å². The van der Waals surface area contributed by atoms with E-state index in [2.05, 4.69) is 4.99 Å². The lowest BCUT2D eigenvalue weighted by Crippen LogP contribution is -1.96. The van der Waals surface area contributed by atoms with Gasteiger partial charge in [-0.3, -0.25) is 4.55 Å². The summed E-state index contributed by atoms with van der Waals surface area (Å²) in [5.41, 5.74) is 0.280. The highest BCUT2D eigenvalue weighted by molar-refractivity contribution is 7.85. The van der Waals surface area contributed by atoms with Crippen molar-refractivity contribution in [3.8, 4) is 0 Å². The minimum atomic E-state index is -4.17. The largest absolute Gasteiger partial charge is 0.294 e. The molecule has 0 fully saturated rings. The molecule has 0 bridgehead atoms. The van der Waals surface area contributed by atoms with Gasteiger partial charge in [0.2, 0.25) is 6.08 Å². The lowest BCUT2D eigenvalue weighted by atomic mass is 10.3. The van der Waals surface area contributed by atoms with Gasteiger partial charge in [0.1, 0.15) is 0 Å². The number of rotatable bonds is 2. The van der Waals surface area contributed by atoms with Crippen molar-refractivity contribution in [1.82, 2.24) is 0 Å². The first-order valence-electron chi connectivity index (χ1n) is 3.19. The van der Waals surface area contributed by atoms with Gasteiger partial charge in [0.05, 0.1) is 10.6 Å². The zero-order valence-electron chi connectivity index (χ0n) is 6.34. The van der Waals surface area contributed by atoms with E-state index in [4.69, 9.17) is 4.55 Å². The van der Waals surface area contributed by atoms with Gasteiger partial charge >= 0.3 is 0 Å². The third kappa shape index (κ3) is 2.48. The summed E-state index contributed by atoms with van der Waals surface area (Å²) in [4.78, 5) is 12.8. The molecule has 0 saturated carbocycles. The van der Waals surface area contributed by atoms with Crippen molar-refractivity contribution in [2.45, 2.75) is 4.90 Å². The van der Waals surface area contributed by atoms with Crippen molar-refractivity contribution >= 4 is 21.9 Å². The summed E-state index contributed by atoms with van der Waals surface area (Å²) >= 11 is 0. The van der Waals surface area contributed by atoms with Gasteiger partial charge in [0.15, 0.2) is 0 Å². The minimum absolute atomic E-state index is 0.239. The molecule has 0 unspecified atom stereocenters. The van der Waals surface area contributed by atoms with Crippen LogP contribution in [0.5, 0.6) is 0 Å². The van der Waals surface area contributed by atoms with Crippen molar-refractivity contribution in [3.63, 3.8) is 0 Å². The number of hydrogen-bond acceptors (Lipinski definition) is 4. The molecule has 0 amide bonds. The molecule has 0 aliphatic rings. The van der Waals surface area contributed by atoms with Crippen LogP contribution in [0.4, 0.5) is 5.69 Å². The second kappa shape index (κ2) is 3.49. The van der Waals surface area contributed by atoms with Crippen LogP contribution in [0.1, 0.15) is 0 Å². The highest BCUT2D eigenvalue weighted by atomic mass is 32.2. The SMILES string of the molecule is O=C=Nc1ccc(S(=O)(=O)O)cc1. The number of nitrogens with zero attached hydrogens (tertiary/aromatic N) is 1. The van der Waals surface area contributed by atoms with Gasteiger partial charge < -0.3 is 0 Å². The van der Waals surface area contributed by atoms with Gasteiger partial charge in [-0.1, -0.05) is 0 Å². The predicted octanol–water partition coefficient (Wildman–Crippen LogP) is 0.901. The Hall–Kier alpha value is -1.49. The van der Waals surface area contributed by atoms with E-state index in [1.165, 1.54) is 18.2 Å². The lowest BCUT2D eigenvalue weighted by molar-refractivity contribution is 0.483. The summed E-state index contributed by atoms with van der Waals surface area (Å²) in [6.07, 6.45) is 1.31. The standard InChI is InChI=1S/C7H5NO4S/c9-5-8-6-1-3-7(4-2-6)13(10,11)12/h1-4H,(H,10,11,12). The maximum atomic E-state index is 10.5. The fraction of sp³-hybridized carbons (Fsp3) is 0. The van der Waals surface area contributed by atoms with Crippen LogP contribution in [0.2, 0.25) is 0 Å². The number of benzene rings is 1. The molecule has 1 aromatic rings. The molecule has 0 atom stereocenters. The molecule has 0 saturated heterocycles. The van der Waals surface area contributed by atoms with Crippen molar-refractivity contribution in [1.29, 1.82) is 0 Å². The maximum Gasteiger partial charge on any atom is 0.294 e. The third-order valence-corrected chi connectivity index (χ3v) is 2.18. The van der Waals surface area contributed by atoms with Crippen LogP contribution in [0, 0.1) is 0 Å². The fourth-order valence-electron chi connectivity index (χ4n) is 0.745. The molecule has 6 heteroatoms. The van der Waals surface area contributed by atoms with E-state index in [0.717, 1.165) is 12.1 Å². The molecule has 5 nitrogen and oxygen atoms in total. The van der Waals surface area contributed by atoms with E-state index in [-0.39, 0.29) is 10.6 Å². The first-order chi connectivity index (χ1) is 6.04. The highest BCUT2D eigenvalue weighted by Crippen LogP contribution is 2.15. The van der Waals surface area contributed by atoms with Crippen molar-refractivity contribution in [2.24, 2.45) is 4.99 Å². The Morgan fingerprint density at radius 3 is 2.15 bits per heavy atom. The van der Waals surface area contributed by atoms with E-state index in [1.54, 1.807) is 0 Å². The topological polar surface area (TPSA) is 83.8 Å². The average Bonchev–Trinajstić information content (AvgIpc) is 2.04. The second-order valence-corrected chi connectivity index (χ2v) is 3.59. The molecule has 0 heterocycles. The van der Waals surface area contributed by atoms with Crippen LogP contribution >= 0.6 is 0 Å². The van der Waals surface area contributed by atoms with Gasteiger partial charge in [-0.2, -0.15) is 13.4 Å². The molecular weight excluding hydrogens is 194 g/mol. The Bertz CT molecular complexity index is 442. The molecule has 0 aliphatic carbocycles. The van der Waals surface area contributed by atoms with E-state index in [0.29, 0.717) is 0 Å². The molecule has 1 rings (SSSR count). The minimum Gasteiger partial charge on any atom is -0.282 e. The summed E-state index contributed by atoms with van der Waals surface area (Å²) in [6, 6.07) is 4.86. The quantitative estimate of drug-likeness (QED) is 0.435. The number of isocyanates is 1. The maximum absolute atomic E-state index is 10.5. The van der Waals surface area contributed by atoms with Gasteiger partial charge in [-0.05, 0) is 24.3 Å². The summed E-state index contributed by atoms with van der Waals surface area (Å²) in [5, 5.41) is 0. The fourth-order valence-corrected chi connectivity index (χ4v) is 1.23. The summed E-state index contributed by atoms with van der Waals surface area (Å²) in [5.74, 6) is 0. The van der Waals surface area contributed by atoms with Crippen LogP contribution < -0.4 is 0 Å². The predicted molar refractivity (Wildman–Crippen MR) is 44.0 cm³/mol. The average molecular weight is 199 g/mol. The second-order valence-electron chi connectivity index (χ2n) is 2.17. The zero-order valence-corrected chi connectivity index (χ0v) is 7.15. The summed E-state index contributed by atoms with van der Waals surface area (Å²) in [7, 11) is -4.17. The van der Waals surface area contributed by atoms with Crippen LogP contribution in [-0.4, -0.2) is 19.1 Å². The first-order valence-corrected chi connectivity index (χ1v) is 4.63. The Morgan fingerprint density at radius 1 is 1.23 bits per heavy atom. The Morgan fingerprint density at radius 2 is 1.77 bits per heavy atom. The van der Waals surface area contributed by atoms with Gasteiger partial charge in [0, 0.05) is 0 Å². The van der Waals surface area contributed by atoms with E-state index in [9.17, 15) is 13.2 Å². The first kappa shape index (κ1) is 9.60. The van der Waals surface area contributed by atoms with Crippen LogP contribution in [0.25, 0.3) is 0 Å². The molecular formula is C7H5NO4S. The van der Waals surface area contributed by atoms with Crippen molar-refractivity contribution < 1.29 is 17.8 Å². The third-order valence-electron chi connectivity index (χ3n) is 1.31. The van der Waals surface area contributed by atoms with E-state index >= 15 is 0 Å². The zero-order chi connectivity index (χ0) is 9.90. The normalized spacial score (nSPS) is 10.5. The lowest BCUT2D eigenvalue weighted by Gasteiger charge is -1.95. The Labute approximate surface area is 74.5 Å². The van der Waals surface area contributed by atoms with Crippen LogP contribution in [0.3, 0.4) is 0 Å². The van der Waals surface area contributed by atoms with Crippen LogP contribution in [0.15, 0.2) is 34.2 Å². The number of hydrogen-bond donors (Lipinski definition) is 1. The van der Waals surface area contributed by atoms with Gasteiger partial charge in [-0.15, -0.1) is 0 Å². The molecule has 0 radical (unpaired) electrons. The molecule has 68 valence electrons. The van der Waals surface area contributed by atoms with Crippen molar-refractivity contribution in [3.05, 3.63) is 24.3 Å². The Balaban J connectivity index is 3.15. The van der Waals surface area contributed by atoms with Gasteiger partial charge in [-0.25, -0.2) is 4.79 Å². The molecule has 1 aromatic carbocycles. The smallest absolute Gasteiger partial charge is 0.282 e. The molecule has 1 N–H and O–H groups in total. The number of carbonyl (C=O) groups excluding carboxylic acids is 1. The monoisotopic (exact) mass is 199 g/mol. The molecule has 13 heavy (non-hydrogen) atoms. The van der Waals surface area contributed by atoms with E-state index < -0.39 is 10.1 Å². The molecule has 0 spiro atoms. The van der Waals surface area contributed by atoms with Gasteiger partial charge in [0.25, 0.3) is 10.1 Å². The van der Waals surface area contributed by atoms with E-state index in [1.807, 2.05) is 0 Å². The molecule has 0 aromatic heterocycles.